The van der Waals surface area contributed by atoms with Gasteiger partial charge in [-0.2, -0.15) is 0 Å². The molecular weight excluding hydrogens is 300 g/mol. The van der Waals surface area contributed by atoms with Crippen molar-refractivity contribution >= 4 is 33.2 Å². The van der Waals surface area contributed by atoms with Gasteiger partial charge >= 0.3 is 0 Å². The first-order valence-corrected chi connectivity index (χ1v) is 7.60. The standard InChI is InChI=1S/C12H17BrN2OS/c1-9(8-15-5-2-3-6-15)14-12(16)11-10(13)4-7-17-11/h4,7,9H,2-3,5-6,8H2,1H3,(H,14,16). The van der Waals surface area contributed by atoms with Crippen LogP contribution in [-0.4, -0.2) is 36.5 Å². The molecule has 17 heavy (non-hydrogen) atoms. The minimum Gasteiger partial charge on any atom is -0.348 e. The van der Waals surface area contributed by atoms with Crippen molar-refractivity contribution in [1.29, 1.82) is 0 Å². The predicted molar refractivity (Wildman–Crippen MR) is 74.6 cm³/mol. The maximum absolute atomic E-state index is 12.0. The summed E-state index contributed by atoms with van der Waals surface area (Å²) >= 11 is 4.85. The van der Waals surface area contributed by atoms with Gasteiger partial charge in [-0.25, -0.2) is 0 Å². The average molecular weight is 317 g/mol. The number of hydrogen-bond acceptors (Lipinski definition) is 3. The smallest absolute Gasteiger partial charge is 0.262 e. The van der Waals surface area contributed by atoms with Gasteiger partial charge in [-0.05, 0) is 60.2 Å². The van der Waals surface area contributed by atoms with E-state index >= 15 is 0 Å². The Hall–Kier alpha value is -0.390. The molecule has 2 rings (SSSR count). The lowest BCUT2D eigenvalue weighted by atomic mass is 10.3. The number of thiophene rings is 1. The van der Waals surface area contributed by atoms with Gasteiger partial charge in [0.25, 0.3) is 5.91 Å². The molecule has 0 radical (unpaired) electrons. The number of nitrogens with zero attached hydrogens (tertiary/aromatic N) is 1. The second kappa shape index (κ2) is 5.98. The van der Waals surface area contributed by atoms with Gasteiger partial charge < -0.3 is 10.2 Å². The molecule has 0 aromatic carbocycles. The van der Waals surface area contributed by atoms with Crippen molar-refractivity contribution in [1.82, 2.24) is 10.2 Å². The van der Waals surface area contributed by atoms with Crippen molar-refractivity contribution in [2.24, 2.45) is 0 Å². The summed E-state index contributed by atoms with van der Waals surface area (Å²) in [5.41, 5.74) is 0. The van der Waals surface area contributed by atoms with Crippen molar-refractivity contribution in [2.75, 3.05) is 19.6 Å². The normalized spacial score (nSPS) is 18.2. The van der Waals surface area contributed by atoms with E-state index in [-0.39, 0.29) is 11.9 Å². The van der Waals surface area contributed by atoms with Crippen LogP contribution >= 0.6 is 27.3 Å². The van der Waals surface area contributed by atoms with Gasteiger partial charge in [0.1, 0.15) is 4.88 Å². The molecule has 1 amide bonds. The molecule has 2 heterocycles. The van der Waals surface area contributed by atoms with Gasteiger partial charge in [-0.15, -0.1) is 11.3 Å². The van der Waals surface area contributed by atoms with Crippen LogP contribution < -0.4 is 5.32 Å². The molecule has 3 nitrogen and oxygen atoms in total. The third-order valence-electron chi connectivity index (χ3n) is 2.93. The van der Waals surface area contributed by atoms with Crippen molar-refractivity contribution in [3.63, 3.8) is 0 Å². The lowest BCUT2D eigenvalue weighted by molar-refractivity contribution is 0.0935. The second-order valence-electron chi connectivity index (χ2n) is 4.48. The predicted octanol–water partition coefficient (Wildman–Crippen LogP) is 2.72. The minimum absolute atomic E-state index is 0.0265. The van der Waals surface area contributed by atoms with E-state index in [9.17, 15) is 4.79 Å². The van der Waals surface area contributed by atoms with Gasteiger partial charge in [-0.1, -0.05) is 0 Å². The van der Waals surface area contributed by atoms with Crippen LogP contribution in [0.1, 0.15) is 29.4 Å². The molecule has 1 unspecified atom stereocenters. The Morgan fingerprint density at radius 1 is 1.59 bits per heavy atom. The van der Waals surface area contributed by atoms with Crippen LogP contribution in [0.15, 0.2) is 15.9 Å². The fourth-order valence-electron chi connectivity index (χ4n) is 2.14. The van der Waals surface area contributed by atoms with Crippen LogP contribution in [0.5, 0.6) is 0 Å². The third kappa shape index (κ3) is 3.53. The minimum atomic E-state index is 0.0265. The highest BCUT2D eigenvalue weighted by molar-refractivity contribution is 9.10. The zero-order valence-corrected chi connectivity index (χ0v) is 12.3. The first-order valence-electron chi connectivity index (χ1n) is 5.93. The highest BCUT2D eigenvalue weighted by atomic mass is 79.9. The van der Waals surface area contributed by atoms with Gasteiger partial charge in [0.15, 0.2) is 0 Å². The summed E-state index contributed by atoms with van der Waals surface area (Å²) in [5.74, 6) is 0.0265. The lowest BCUT2D eigenvalue weighted by Gasteiger charge is -2.20. The Balaban J connectivity index is 1.83. The summed E-state index contributed by atoms with van der Waals surface area (Å²) in [6.45, 7) is 5.36. The van der Waals surface area contributed by atoms with E-state index in [1.165, 1.54) is 37.3 Å². The number of halogens is 1. The number of carbonyl (C=O) groups is 1. The zero-order chi connectivity index (χ0) is 12.3. The molecule has 0 saturated carbocycles. The molecule has 5 heteroatoms. The van der Waals surface area contributed by atoms with E-state index < -0.39 is 0 Å². The van der Waals surface area contributed by atoms with E-state index in [4.69, 9.17) is 0 Å². The molecule has 1 N–H and O–H groups in total. The lowest BCUT2D eigenvalue weighted by Crippen LogP contribution is -2.40. The maximum Gasteiger partial charge on any atom is 0.262 e. The molecular formula is C12H17BrN2OS. The Labute approximate surface area is 114 Å². The number of nitrogens with one attached hydrogen (secondary N) is 1. The molecule has 0 aliphatic carbocycles. The maximum atomic E-state index is 12.0. The number of likely N-dealkylation sites (tertiary alicyclic amines) is 1. The highest BCUT2D eigenvalue weighted by Gasteiger charge is 2.18. The molecule has 1 aromatic heterocycles. The number of amides is 1. The average Bonchev–Trinajstić information content (AvgIpc) is 2.88. The Morgan fingerprint density at radius 3 is 2.88 bits per heavy atom. The number of hydrogen-bond donors (Lipinski definition) is 1. The monoisotopic (exact) mass is 316 g/mol. The SMILES string of the molecule is CC(CN1CCCC1)NC(=O)c1sccc1Br. The van der Waals surface area contributed by atoms with Crippen molar-refractivity contribution < 1.29 is 4.79 Å². The van der Waals surface area contributed by atoms with E-state index in [0.717, 1.165) is 15.9 Å². The quantitative estimate of drug-likeness (QED) is 0.926. The largest absolute Gasteiger partial charge is 0.348 e. The first kappa shape index (κ1) is 13.1. The molecule has 1 atom stereocenters. The fourth-order valence-corrected chi connectivity index (χ4v) is 3.60. The Kier molecular flexibility index (Phi) is 4.59. The van der Waals surface area contributed by atoms with Gasteiger partial charge in [0, 0.05) is 17.1 Å². The summed E-state index contributed by atoms with van der Waals surface area (Å²) < 4.78 is 0.883. The van der Waals surface area contributed by atoms with Crippen LogP contribution in [0.2, 0.25) is 0 Å². The Bertz CT molecular complexity index is 388. The summed E-state index contributed by atoms with van der Waals surface area (Å²) in [7, 11) is 0. The number of rotatable bonds is 4. The van der Waals surface area contributed by atoms with Gasteiger partial charge in [0.2, 0.25) is 0 Å². The van der Waals surface area contributed by atoms with Crippen LogP contribution in [-0.2, 0) is 0 Å². The molecule has 0 bridgehead atoms. The van der Waals surface area contributed by atoms with E-state index in [1.54, 1.807) is 0 Å². The molecule has 0 spiro atoms. The van der Waals surface area contributed by atoms with Gasteiger partial charge in [0.05, 0.1) is 0 Å². The molecule has 1 fully saturated rings. The van der Waals surface area contributed by atoms with Crippen LogP contribution in [0, 0.1) is 0 Å². The third-order valence-corrected chi connectivity index (χ3v) is 4.77. The molecule has 1 saturated heterocycles. The second-order valence-corrected chi connectivity index (χ2v) is 6.25. The van der Waals surface area contributed by atoms with Crippen molar-refractivity contribution in [3.8, 4) is 0 Å². The van der Waals surface area contributed by atoms with E-state index in [0.29, 0.717) is 0 Å². The summed E-state index contributed by atoms with van der Waals surface area (Å²) in [6, 6.07) is 2.11. The molecule has 94 valence electrons. The number of carbonyl (C=O) groups excluding carboxylic acids is 1. The van der Waals surface area contributed by atoms with Crippen LogP contribution in [0.25, 0.3) is 0 Å². The summed E-state index contributed by atoms with van der Waals surface area (Å²) in [4.78, 5) is 15.1. The molecule has 1 aliphatic heterocycles. The van der Waals surface area contributed by atoms with Crippen LogP contribution in [0.3, 0.4) is 0 Å². The van der Waals surface area contributed by atoms with Crippen LogP contribution in [0.4, 0.5) is 0 Å². The Morgan fingerprint density at radius 2 is 2.29 bits per heavy atom. The van der Waals surface area contributed by atoms with Crippen molar-refractivity contribution in [3.05, 3.63) is 20.8 Å². The topological polar surface area (TPSA) is 32.3 Å². The van der Waals surface area contributed by atoms with Crippen molar-refractivity contribution in [2.45, 2.75) is 25.8 Å². The summed E-state index contributed by atoms with van der Waals surface area (Å²) in [5, 5.41) is 4.97. The molecule has 1 aromatic rings. The summed E-state index contributed by atoms with van der Waals surface area (Å²) in [6.07, 6.45) is 2.58. The van der Waals surface area contributed by atoms with E-state index in [1.807, 2.05) is 11.4 Å². The van der Waals surface area contributed by atoms with E-state index in [2.05, 4.69) is 33.1 Å². The van der Waals surface area contributed by atoms with Gasteiger partial charge in [-0.3, -0.25) is 4.79 Å². The first-order chi connectivity index (χ1) is 8.16. The highest BCUT2D eigenvalue weighted by Crippen LogP contribution is 2.22. The fraction of sp³-hybridized carbons (Fsp3) is 0.583. The zero-order valence-electron chi connectivity index (χ0n) is 9.91. The molecule has 1 aliphatic rings.